The minimum Gasteiger partial charge on any atom is -0.371 e. The lowest BCUT2D eigenvalue weighted by atomic mass is 10.1. The topological polar surface area (TPSA) is 40.6 Å². The van der Waals surface area contributed by atoms with Gasteiger partial charge in [0.15, 0.2) is 0 Å². The predicted molar refractivity (Wildman–Crippen MR) is 97.3 cm³/mol. The third-order valence-electron chi connectivity index (χ3n) is 5.00. The monoisotopic (exact) mass is 342 g/mol. The highest BCUT2D eigenvalue weighted by molar-refractivity contribution is 7.92. The molecule has 0 spiro atoms. The Morgan fingerprint density at radius 3 is 2.33 bits per heavy atom. The van der Waals surface area contributed by atoms with E-state index in [1.807, 2.05) is 19.1 Å². The molecule has 0 atom stereocenters. The smallest absolute Gasteiger partial charge is 0.264 e. The molecule has 0 saturated carbocycles. The van der Waals surface area contributed by atoms with Crippen molar-refractivity contribution in [3.05, 3.63) is 53.6 Å². The highest BCUT2D eigenvalue weighted by Gasteiger charge is 2.31. The normalized spacial score (nSPS) is 17.4. The third kappa shape index (κ3) is 2.57. The minimum absolute atomic E-state index is 0.368. The lowest BCUT2D eigenvalue weighted by Gasteiger charge is -2.23. The van der Waals surface area contributed by atoms with Gasteiger partial charge in [0.2, 0.25) is 0 Å². The number of anilines is 2. The van der Waals surface area contributed by atoms with Crippen molar-refractivity contribution in [2.75, 3.05) is 28.8 Å². The van der Waals surface area contributed by atoms with Crippen molar-refractivity contribution >= 4 is 21.4 Å². The Kier molecular flexibility index (Phi) is 3.76. The molecule has 5 heteroatoms. The molecule has 0 unspecified atom stereocenters. The van der Waals surface area contributed by atoms with Gasteiger partial charge in [0.25, 0.3) is 10.0 Å². The lowest BCUT2D eigenvalue weighted by Crippen LogP contribution is -2.29. The number of sulfonamides is 1. The summed E-state index contributed by atoms with van der Waals surface area (Å²) < 4.78 is 27.7. The molecule has 24 heavy (non-hydrogen) atoms. The second-order valence-corrected chi connectivity index (χ2v) is 8.51. The van der Waals surface area contributed by atoms with E-state index in [1.54, 1.807) is 16.4 Å². The van der Waals surface area contributed by atoms with Gasteiger partial charge in [-0.15, -0.1) is 0 Å². The average molecular weight is 342 g/mol. The van der Waals surface area contributed by atoms with Crippen LogP contribution in [-0.2, 0) is 16.4 Å². The molecule has 1 fully saturated rings. The number of rotatable bonds is 3. The Hall–Kier alpha value is -2.01. The van der Waals surface area contributed by atoms with Crippen molar-refractivity contribution in [1.29, 1.82) is 0 Å². The first-order valence-corrected chi connectivity index (χ1v) is 9.97. The number of aryl methyl sites for hydroxylation is 1. The van der Waals surface area contributed by atoms with E-state index in [-0.39, 0.29) is 0 Å². The predicted octanol–water partition coefficient (Wildman–Crippen LogP) is 3.35. The molecule has 2 aromatic rings. The SMILES string of the molecule is Cc1ccc(S(=O)(=O)N2CCc3ccc(N4CCCC4)cc32)cc1. The fourth-order valence-electron chi connectivity index (χ4n) is 3.60. The standard InChI is InChI=1S/C19H22N2O2S/c1-15-4-8-18(9-5-15)24(22,23)21-13-10-16-6-7-17(14-19(16)21)20-11-2-3-12-20/h4-9,14H,2-3,10-13H2,1H3. The molecule has 0 amide bonds. The van der Waals surface area contributed by atoms with Crippen LogP contribution < -0.4 is 9.21 Å². The molecular formula is C19H22N2O2S. The van der Waals surface area contributed by atoms with E-state index in [1.165, 1.54) is 12.8 Å². The van der Waals surface area contributed by atoms with Crippen molar-refractivity contribution < 1.29 is 8.42 Å². The van der Waals surface area contributed by atoms with Crippen LogP contribution in [0.5, 0.6) is 0 Å². The quantitative estimate of drug-likeness (QED) is 0.859. The fourth-order valence-corrected chi connectivity index (χ4v) is 5.09. The molecule has 1 saturated heterocycles. The van der Waals surface area contributed by atoms with Gasteiger partial charge >= 0.3 is 0 Å². The van der Waals surface area contributed by atoms with E-state index in [9.17, 15) is 8.42 Å². The highest BCUT2D eigenvalue weighted by Crippen LogP contribution is 2.36. The van der Waals surface area contributed by atoms with E-state index in [0.717, 1.165) is 42.0 Å². The van der Waals surface area contributed by atoms with Crippen LogP contribution >= 0.6 is 0 Å². The summed E-state index contributed by atoms with van der Waals surface area (Å²) in [6.45, 7) is 4.60. The maximum Gasteiger partial charge on any atom is 0.264 e. The lowest BCUT2D eigenvalue weighted by molar-refractivity contribution is 0.592. The van der Waals surface area contributed by atoms with E-state index in [4.69, 9.17) is 0 Å². The van der Waals surface area contributed by atoms with Crippen LogP contribution in [0.2, 0.25) is 0 Å². The maximum atomic E-state index is 13.1. The molecule has 0 aliphatic carbocycles. The Balaban J connectivity index is 1.72. The van der Waals surface area contributed by atoms with Crippen molar-refractivity contribution in [1.82, 2.24) is 0 Å². The van der Waals surface area contributed by atoms with Gasteiger partial charge < -0.3 is 4.90 Å². The zero-order valence-electron chi connectivity index (χ0n) is 13.9. The summed E-state index contributed by atoms with van der Waals surface area (Å²) in [5.41, 5.74) is 4.16. The van der Waals surface area contributed by atoms with Gasteiger partial charge in [0.05, 0.1) is 10.6 Å². The molecule has 0 N–H and O–H groups in total. The summed E-state index contributed by atoms with van der Waals surface area (Å²) in [5, 5.41) is 0. The van der Waals surface area contributed by atoms with E-state index in [0.29, 0.717) is 11.4 Å². The first-order valence-electron chi connectivity index (χ1n) is 8.53. The summed E-state index contributed by atoms with van der Waals surface area (Å²) in [5.74, 6) is 0. The van der Waals surface area contributed by atoms with E-state index >= 15 is 0 Å². The van der Waals surface area contributed by atoms with Crippen LogP contribution in [0, 0.1) is 6.92 Å². The number of hydrogen-bond donors (Lipinski definition) is 0. The fraction of sp³-hybridized carbons (Fsp3) is 0.368. The molecule has 2 aromatic carbocycles. The Labute approximate surface area is 143 Å². The Bertz CT molecular complexity index is 853. The molecule has 4 rings (SSSR count). The average Bonchev–Trinajstić information content (AvgIpc) is 3.24. The van der Waals surface area contributed by atoms with Gasteiger partial charge in [-0.3, -0.25) is 4.31 Å². The van der Waals surface area contributed by atoms with Crippen molar-refractivity contribution in [3.63, 3.8) is 0 Å². The van der Waals surface area contributed by atoms with E-state index < -0.39 is 10.0 Å². The van der Waals surface area contributed by atoms with Crippen LogP contribution in [0.3, 0.4) is 0 Å². The Morgan fingerprint density at radius 1 is 0.917 bits per heavy atom. The molecule has 0 aromatic heterocycles. The highest BCUT2D eigenvalue weighted by atomic mass is 32.2. The minimum atomic E-state index is -3.49. The van der Waals surface area contributed by atoms with Crippen LogP contribution in [0.25, 0.3) is 0 Å². The van der Waals surface area contributed by atoms with Crippen molar-refractivity contribution in [3.8, 4) is 0 Å². The zero-order valence-corrected chi connectivity index (χ0v) is 14.7. The molecule has 126 valence electrons. The molecule has 2 aliphatic rings. The summed E-state index contributed by atoms with van der Waals surface area (Å²) in [7, 11) is -3.49. The molecule has 2 heterocycles. The summed E-state index contributed by atoms with van der Waals surface area (Å²) in [6.07, 6.45) is 3.20. The summed E-state index contributed by atoms with van der Waals surface area (Å²) in [4.78, 5) is 2.71. The number of fused-ring (bicyclic) bond motifs is 1. The molecule has 4 nitrogen and oxygen atoms in total. The van der Waals surface area contributed by atoms with E-state index in [2.05, 4.69) is 23.1 Å². The number of nitrogens with zero attached hydrogens (tertiary/aromatic N) is 2. The first-order chi connectivity index (χ1) is 11.6. The van der Waals surface area contributed by atoms with Gasteiger partial charge in [0.1, 0.15) is 0 Å². The molecule has 0 bridgehead atoms. The van der Waals surface area contributed by atoms with Crippen molar-refractivity contribution in [2.24, 2.45) is 0 Å². The maximum absolute atomic E-state index is 13.1. The van der Waals surface area contributed by atoms with Crippen molar-refractivity contribution in [2.45, 2.75) is 31.1 Å². The summed E-state index contributed by atoms with van der Waals surface area (Å²) in [6, 6.07) is 13.4. The number of benzene rings is 2. The zero-order chi connectivity index (χ0) is 16.7. The van der Waals surface area contributed by atoms with Gasteiger partial charge in [-0.1, -0.05) is 23.8 Å². The Morgan fingerprint density at radius 2 is 1.62 bits per heavy atom. The van der Waals surface area contributed by atoms with Crippen LogP contribution in [0.1, 0.15) is 24.0 Å². The number of hydrogen-bond acceptors (Lipinski definition) is 3. The van der Waals surface area contributed by atoms with Crippen LogP contribution in [-0.4, -0.2) is 28.1 Å². The third-order valence-corrected chi connectivity index (χ3v) is 6.83. The van der Waals surface area contributed by atoms with Crippen LogP contribution in [0.4, 0.5) is 11.4 Å². The van der Waals surface area contributed by atoms with Gasteiger partial charge in [-0.2, -0.15) is 0 Å². The molecular weight excluding hydrogens is 320 g/mol. The largest absolute Gasteiger partial charge is 0.371 e. The second kappa shape index (κ2) is 5.81. The molecule has 0 radical (unpaired) electrons. The second-order valence-electron chi connectivity index (χ2n) is 6.65. The van der Waals surface area contributed by atoms with Gasteiger partial charge in [0, 0.05) is 25.3 Å². The first kappa shape index (κ1) is 15.5. The van der Waals surface area contributed by atoms with Crippen LogP contribution in [0.15, 0.2) is 47.4 Å². The van der Waals surface area contributed by atoms with Gasteiger partial charge in [-0.05, 0) is 56.0 Å². The van der Waals surface area contributed by atoms with Gasteiger partial charge in [-0.25, -0.2) is 8.42 Å². The summed E-state index contributed by atoms with van der Waals surface area (Å²) >= 11 is 0. The molecule has 2 aliphatic heterocycles.